The Hall–Kier alpha value is -3.75. The molecule has 0 bridgehead atoms. The number of amides is 2. The summed E-state index contributed by atoms with van der Waals surface area (Å²) in [5.41, 5.74) is 0.440. The first-order valence-corrected chi connectivity index (χ1v) is 9.67. The topological polar surface area (TPSA) is 106 Å². The molecule has 0 spiro atoms. The van der Waals surface area contributed by atoms with Gasteiger partial charge in [-0.15, -0.1) is 0 Å². The van der Waals surface area contributed by atoms with Crippen LogP contribution in [0.15, 0.2) is 53.1 Å². The van der Waals surface area contributed by atoms with Crippen LogP contribution in [0.1, 0.15) is 33.1 Å². The minimum absolute atomic E-state index is 0.0266. The molecule has 9 heteroatoms. The SMILES string of the molecule is CC(C)(C)OC(=O)Nc1ccc(F)cc1NC(=O)CCc1nc(-c2ccccc2)no1. The first-order chi connectivity index (χ1) is 14.7. The summed E-state index contributed by atoms with van der Waals surface area (Å²) in [4.78, 5) is 28.7. The molecule has 3 rings (SSSR count). The normalized spacial score (nSPS) is 11.1. The maximum atomic E-state index is 13.7. The number of halogens is 1. The number of benzene rings is 2. The molecule has 2 aromatic carbocycles. The van der Waals surface area contributed by atoms with E-state index in [-0.39, 0.29) is 24.2 Å². The minimum Gasteiger partial charge on any atom is -0.444 e. The van der Waals surface area contributed by atoms with Gasteiger partial charge in [-0.25, -0.2) is 9.18 Å². The lowest BCUT2D eigenvalue weighted by Crippen LogP contribution is -2.27. The zero-order chi connectivity index (χ0) is 22.4. The van der Waals surface area contributed by atoms with Crippen molar-refractivity contribution in [1.82, 2.24) is 10.1 Å². The molecule has 0 aliphatic rings. The summed E-state index contributed by atoms with van der Waals surface area (Å²) in [6, 6.07) is 12.9. The summed E-state index contributed by atoms with van der Waals surface area (Å²) in [6.07, 6.45) is -0.483. The number of carbonyl (C=O) groups excluding carboxylic acids is 2. The fourth-order valence-electron chi connectivity index (χ4n) is 2.64. The highest BCUT2D eigenvalue weighted by molar-refractivity contribution is 5.97. The van der Waals surface area contributed by atoms with E-state index in [2.05, 4.69) is 20.8 Å². The van der Waals surface area contributed by atoms with Crippen LogP contribution in [0.5, 0.6) is 0 Å². The molecule has 0 aliphatic carbocycles. The lowest BCUT2D eigenvalue weighted by atomic mass is 10.2. The van der Waals surface area contributed by atoms with Crippen LogP contribution in [-0.2, 0) is 16.0 Å². The van der Waals surface area contributed by atoms with E-state index in [1.807, 2.05) is 30.3 Å². The average molecular weight is 426 g/mol. The number of hydrogen-bond donors (Lipinski definition) is 2. The second-order valence-electron chi connectivity index (χ2n) is 7.74. The van der Waals surface area contributed by atoms with Crippen molar-refractivity contribution < 1.29 is 23.2 Å². The second-order valence-corrected chi connectivity index (χ2v) is 7.74. The van der Waals surface area contributed by atoms with Gasteiger partial charge in [0.05, 0.1) is 11.4 Å². The third kappa shape index (κ3) is 6.63. The molecule has 2 amide bonds. The van der Waals surface area contributed by atoms with Crippen molar-refractivity contribution in [1.29, 1.82) is 0 Å². The first kappa shape index (κ1) is 21.9. The Morgan fingerprint density at radius 2 is 1.81 bits per heavy atom. The van der Waals surface area contributed by atoms with E-state index in [1.165, 1.54) is 12.1 Å². The molecule has 2 N–H and O–H groups in total. The van der Waals surface area contributed by atoms with E-state index < -0.39 is 23.4 Å². The van der Waals surface area contributed by atoms with Gasteiger partial charge < -0.3 is 14.6 Å². The van der Waals surface area contributed by atoms with Gasteiger partial charge in [0.1, 0.15) is 11.4 Å². The highest BCUT2D eigenvalue weighted by Gasteiger charge is 2.18. The third-order valence-electron chi connectivity index (χ3n) is 3.96. The predicted molar refractivity (Wildman–Crippen MR) is 113 cm³/mol. The van der Waals surface area contributed by atoms with Crippen molar-refractivity contribution in [3.63, 3.8) is 0 Å². The van der Waals surface area contributed by atoms with Crippen LogP contribution in [0.3, 0.4) is 0 Å². The van der Waals surface area contributed by atoms with E-state index in [0.717, 1.165) is 11.6 Å². The average Bonchev–Trinajstić information content (AvgIpc) is 3.17. The highest BCUT2D eigenvalue weighted by atomic mass is 19.1. The summed E-state index contributed by atoms with van der Waals surface area (Å²) in [5.74, 6) is -0.225. The molecule has 0 unspecified atom stereocenters. The molecule has 0 radical (unpaired) electrons. The largest absolute Gasteiger partial charge is 0.444 e. The maximum Gasteiger partial charge on any atom is 0.412 e. The lowest BCUT2D eigenvalue weighted by Gasteiger charge is -2.20. The molecule has 0 aliphatic heterocycles. The number of aryl methyl sites for hydroxylation is 1. The number of anilines is 2. The Morgan fingerprint density at radius 1 is 1.06 bits per heavy atom. The second kappa shape index (κ2) is 9.38. The van der Waals surface area contributed by atoms with Gasteiger partial charge >= 0.3 is 6.09 Å². The minimum atomic E-state index is -0.714. The number of rotatable bonds is 6. The van der Waals surface area contributed by atoms with Gasteiger partial charge in [-0.1, -0.05) is 35.5 Å². The third-order valence-corrected chi connectivity index (χ3v) is 3.96. The molecule has 162 valence electrons. The smallest absolute Gasteiger partial charge is 0.412 e. The molecule has 0 saturated heterocycles. The number of nitrogens with one attached hydrogen (secondary N) is 2. The van der Waals surface area contributed by atoms with Crippen LogP contribution in [0, 0.1) is 5.82 Å². The number of ether oxygens (including phenoxy) is 1. The lowest BCUT2D eigenvalue weighted by molar-refractivity contribution is -0.116. The molecule has 1 aromatic heterocycles. The van der Waals surface area contributed by atoms with E-state index in [9.17, 15) is 14.0 Å². The van der Waals surface area contributed by atoms with Crippen molar-refractivity contribution in [3.05, 3.63) is 60.2 Å². The van der Waals surface area contributed by atoms with Crippen LogP contribution in [0.25, 0.3) is 11.4 Å². The van der Waals surface area contributed by atoms with Gasteiger partial charge in [0.25, 0.3) is 0 Å². The zero-order valence-electron chi connectivity index (χ0n) is 17.4. The molecule has 0 fully saturated rings. The Labute approximate surface area is 178 Å². The molecule has 0 atom stereocenters. The standard InChI is InChI=1S/C22H23FN4O4/c1-22(2,3)30-21(29)25-16-10-9-15(23)13-17(16)24-18(28)11-12-19-26-20(27-31-19)14-7-5-4-6-8-14/h4-10,13H,11-12H2,1-3H3,(H,24,28)(H,25,29). The summed E-state index contributed by atoms with van der Waals surface area (Å²) >= 11 is 0. The summed E-state index contributed by atoms with van der Waals surface area (Å²) < 4.78 is 24.1. The molecule has 8 nitrogen and oxygen atoms in total. The van der Waals surface area contributed by atoms with Gasteiger partial charge in [-0.05, 0) is 39.0 Å². The Morgan fingerprint density at radius 3 is 2.52 bits per heavy atom. The van der Waals surface area contributed by atoms with Gasteiger partial charge in [0.15, 0.2) is 0 Å². The Kier molecular flexibility index (Phi) is 6.64. The van der Waals surface area contributed by atoms with E-state index in [1.54, 1.807) is 20.8 Å². The van der Waals surface area contributed by atoms with Crippen LogP contribution < -0.4 is 10.6 Å². The molecule has 3 aromatic rings. The number of hydrogen-bond acceptors (Lipinski definition) is 6. The molecular formula is C22H23FN4O4. The van der Waals surface area contributed by atoms with Crippen LogP contribution in [0.2, 0.25) is 0 Å². The van der Waals surface area contributed by atoms with E-state index >= 15 is 0 Å². The zero-order valence-corrected chi connectivity index (χ0v) is 17.4. The quantitative estimate of drug-likeness (QED) is 0.587. The number of aromatic nitrogens is 2. The predicted octanol–water partition coefficient (Wildman–Crippen LogP) is 4.79. The first-order valence-electron chi connectivity index (χ1n) is 9.67. The van der Waals surface area contributed by atoms with Crippen LogP contribution in [-0.4, -0.2) is 27.7 Å². The van der Waals surface area contributed by atoms with Crippen molar-refractivity contribution in [3.8, 4) is 11.4 Å². The monoisotopic (exact) mass is 426 g/mol. The van der Waals surface area contributed by atoms with Gasteiger partial charge in [0.2, 0.25) is 17.6 Å². The summed E-state index contributed by atoms with van der Waals surface area (Å²) in [6.45, 7) is 5.17. The highest BCUT2D eigenvalue weighted by Crippen LogP contribution is 2.24. The summed E-state index contributed by atoms with van der Waals surface area (Å²) in [5, 5.41) is 9.01. The van der Waals surface area contributed by atoms with Crippen molar-refractivity contribution in [2.75, 3.05) is 10.6 Å². The molecule has 31 heavy (non-hydrogen) atoms. The van der Waals surface area contributed by atoms with Gasteiger partial charge in [0, 0.05) is 18.4 Å². The maximum absolute atomic E-state index is 13.7. The fraction of sp³-hybridized carbons (Fsp3) is 0.273. The van der Waals surface area contributed by atoms with Crippen LogP contribution >= 0.6 is 0 Å². The van der Waals surface area contributed by atoms with Crippen molar-refractivity contribution in [2.45, 2.75) is 39.2 Å². The van der Waals surface area contributed by atoms with Crippen molar-refractivity contribution in [2.24, 2.45) is 0 Å². The Bertz CT molecular complexity index is 1060. The fourth-order valence-corrected chi connectivity index (χ4v) is 2.64. The summed E-state index contributed by atoms with van der Waals surface area (Å²) in [7, 11) is 0. The molecular weight excluding hydrogens is 403 g/mol. The van der Waals surface area contributed by atoms with Crippen molar-refractivity contribution >= 4 is 23.4 Å². The number of nitrogens with zero attached hydrogens (tertiary/aromatic N) is 2. The van der Waals surface area contributed by atoms with Gasteiger partial charge in [-0.3, -0.25) is 10.1 Å². The van der Waals surface area contributed by atoms with Crippen LogP contribution in [0.4, 0.5) is 20.6 Å². The van der Waals surface area contributed by atoms with E-state index in [4.69, 9.17) is 9.26 Å². The molecule has 0 saturated carbocycles. The van der Waals surface area contributed by atoms with Gasteiger partial charge in [-0.2, -0.15) is 4.98 Å². The Balaban J connectivity index is 1.61. The van der Waals surface area contributed by atoms with E-state index in [0.29, 0.717) is 11.7 Å². The molecule has 1 heterocycles. The number of carbonyl (C=O) groups is 2.